The van der Waals surface area contributed by atoms with Crippen LogP contribution in [-0.2, 0) is 6.18 Å². The third-order valence-electron chi connectivity index (χ3n) is 3.24. The molecule has 0 fully saturated rings. The van der Waals surface area contributed by atoms with Crippen LogP contribution in [0.25, 0.3) is 0 Å². The number of hydrogen-bond acceptors (Lipinski definition) is 1. The van der Waals surface area contributed by atoms with Gasteiger partial charge in [-0.25, -0.2) is 0 Å². The van der Waals surface area contributed by atoms with E-state index < -0.39 is 17.6 Å². The lowest BCUT2D eigenvalue weighted by Crippen LogP contribution is -2.30. The first-order valence-electron chi connectivity index (χ1n) is 6.44. The molecule has 2 nitrogen and oxygen atoms in total. The summed E-state index contributed by atoms with van der Waals surface area (Å²) in [6.45, 7) is 4.36. The number of hydrogen-bond donors (Lipinski definition) is 1. The van der Waals surface area contributed by atoms with Gasteiger partial charge in [0.2, 0.25) is 0 Å². The lowest BCUT2D eigenvalue weighted by molar-refractivity contribution is -0.138. The second-order valence-corrected chi connectivity index (χ2v) is 5.50. The minimum Gasteiger partial charge on any atom is -0.352 e. The van der Waals surface area contributed by atoms with Crippen LogP contribution in [0.2, 0.25) is 0 Å². The number of nitrogens with one attached hydrogen (secondary N) is 1. The van der Waals surface area contributed by atoms with Crippen LogP contribution in [0.1, 0.15) is 42.6 Å². The highest BCUT2D eigenvalue weighted by molar-refractivity contribution is 9.10. The van der Waals surface area contributed by atoms with Gasteiger partial charge in [0.15, 0.2) is 0 Å². The fraction of sp³-hybridized carbons (Fsp3) is 0.500. The monoisotopic (exact) mass is 351 g/mol. The molecular weight excluding hydrogens is 335 g/mol. The Balaban J connectivity index is 2.93. The van der Waals surface area contributed by atoms with Crippen LogP contribution in [0, 0.1) is 5.92 Å². The Morgan fingerprint density at radius 2 is 1.90 bits per heavy atom. The molecule has 0 aliphatic rings. The van der Waals surface area contributed by atoms with Crippen LogP contribution < -0.4 is 5.32 Å². The summed E-state index contributed by atoms with van der Waals surface area (Å²) in [5.74, 6) is -0.402. The molecule has 0 saturated heterocycles. The Morgan fingerprint density at radius 1 is 1.30 bits per heavy atom. The highest BCUT2D eigenvalue weighted by atomic mass is 79.9. The Kier molecular flexibility index (Phi) is 6.05. The Labute approximate surface area is 124 Å². The van der Waals surface area contributed by atoms with Gasteiger partial charge in [0, 0.05) is 11.0 Å². The highest BCUT2D eigenvalue weighted by Crippen LogP contribution is 2.33. The van der Waals surface area contributed by atoms with Gasteiger partial charge in [-0.15, -0.1) is 0 Å². The summed E-state index contributed by atoms with van der Waals surface area (Å²) in [5, 5.41) is 2.58. The van der Waals surface area contributed by atoms with Crippen molar-refractivity contribution in [1.29, 1.82) is 0 Å². The summed E-state index contributed by atoms with van der Waals surface area (Å²) in [4.78, 5) is 11.9. The Morgan fingerprint density at radius 3 is 2.40 bits per heavy atom. The van der Waals surface area contributed by atoms with E-state index in [0.29, 0.717) is 11.0 Å². The molecule has 0 atom stereocenters. The number of alkyl halides is 3. The molecule has 0 radical (unpaired) electrons. The maximum atomic E-state index is 12.9. The third-order valence-corrected chi connectivity index (χ3v) is 3.73. The molecular formula is C14H17BrF3NO. The van der Waals surface area contributed by atoms with E-state index in [2.05, 4.69) is 21.2 Å². The molecule has 0 saturated carbocycles. The predicted octanol–water partition coefficient (Wildman–Crippen LogP) is 4.63. The van der Waals surface area contributed by atoms with Gasteiger partial charge in [-0.05, 0) is 24.1 Å². The fourth-order valence-corrected chi connectivity index (χ4v) is 2.22. The molecule has 0 aliphatic carbocycles. The number of carbonyl (C=O) groups excluding carboxylic acids is 1. The summed E-state index contributed by atoms with van der Waals surface area (Å²) >= 11 is 2.99. The quantitative estimate of drug-likeness (QED) is 0.822. The third kappa shape index (κ3) is 4.51. The molecule has 0 unspecified atom stereocenters. The van der Waals surface area contributed by atoms with Crippen molar-refractivity contribution in [3.63, 3.8) is 0 Å². The molecule has 20 heavy (non-hydrogen) atoms. The van der Waals surface area contributed by atoms with Crippen molar-refractivity contribution in [1.82, 2.24) is 5.32 Å². The number of benzene rings is 1. The maximum absolute atomic E-state index is 12.9. The van der Waals surface area contributed by atoms with E-state index in [1.165, 1.54) is 12.1 Å². The molecule has 1 aromatic carbocycles. The molecule has 0 aliphatic heterocycles. The fourth-order valence-electron chi connectivity index (χ4n) is 1.86. The van der Waals surface area contributed by atoms with Crippen LogP contribution in [0.15, 0.2) is 22.7 Å². The smallest absolute Gasteiger partial charge is 0.352 e. The summed E-state index contributed by atoms with van der Waals surface area (Å²) < 4.78 is 39.1. The topological polar surface area (TPSA) is 29.1 Å². The highest BCUT2D eigenvalue weighted by Gasteiger charge is 2.35. The lowest BCUT2D eigenvalue weighted by atomic mass is 10.0. The van der Waals surface area contributed by atoms with E-state index in [4.69, 9.17) is 0 Å². The molecule has 6 heteroatoms. The number of amides is 1. The van der Waals surface area contributed by atoms with Gasteiger partial charge < -0.3 is 5.32 Å². The summed E-state index contributed by atoms with van der Waals surface area (Å²) in [5.41, 5.74) is -1.26. The number of halogens is 4. The van der Waals surface area contributed by atoms with Crippen molar-refractivity contribution in [2.45, 2.75) is 32.9 Å². The molecule has 0 bridgehead atoms. The van der Waals surface area contributed by atoms with E-state index >= 15 is 0 Å². The van der Waals surface area contributed by atoms with Crippen molar-refractivity contribution < 1.29 is 18.0 Å². The molecule has 1 N–H and O–H groups in total. The molecule has 1 aromatic rings. The number of carbonyl (C=O) groups is 1. The first-order valence-corrected chi connectivity index (χ1v) is 7.23. The van der Waals surface area contributed by atoms with Crippen molar-refractivity contribution >= 4 is 21.8 Å². The second kappa shape index (κ2) is 7.11. The summed E-state index contributed by atoms with van der Waals surface area (Å²) in [7, 11) is 0. The van der Waals surface area contributed by atoms with Crippen molar-refractivity contribution in [2.24, 2.45) is 5.92 Å². The average molecular weight is 352 g/mol. The van der Waals surface area contributed by atoms with Gasteiger partial charge in [0.1, 0.15) is 0 Å². The van der Waals surface area contributed by atoms with Crippen molar-refractivity contribution in [3.05, 3.63) is 33.8 Å². The minimum absolute atomic E-state index is 0.281. The van der Waals surface area contributed by atoms with Crippen LogP contribution in [0.3, 0.4) is 0 Å². The van der Waals surface area contributed by atoms with Gasteiger partial charge in [-0.2, -0.15) is 13.2 Å². The summed E-state index contributed by atoms with van der Waals surface area (Å²) in [6.07, 6.45) is -2.79. The predicted molar refractivity (Wildman–Crippen MR) is 75.5 cm³/mol. The van der Waals surface area contributed by atoms with E-state index in [9.17, 15) is 18.0 Å². The lowest BCUT2D eigenvalue weighted by Gasteiger charge is -2.16. The van der Waals surface area contributed by atoms with Crippen molar-refractivity contribution in [2.75, 3.05) is 6.54 Å². The normalized spacial score (nSPS) is 11.8. The average Bonchev–Trinajstić information content (AvgIpc) is 2.38. The van der Waals surface area contributed by atoms with E-state index in [0.717, 1.165) is 18.9 Å². The van der Waals surface area contributed by atoms with Crippen molar-refractivity contribution in [3.8, 4) is 0 Å². The van der Waals surface area contributed by atoms with Gasteiger partial charge in [-0.3, -0.25) is 4.79 Å². The largest absolute Gasteiger partial charge is 0.417 e. The minimum atomic E-state index is -4.55. The molecule has 0 aromatic heterocycles. The number of rotatable bonds is 5. The van der Waals surface area contributed by atoms with E-state index in [1.54, 1.807) is 0 Å². The molecule has 112 valence electrons. The first-order chi connectivity index (χ1) is 9.29. The zero-order chi connectivity index (χ0) is 15.3. The maximum Gasteiger partial charge on any atom is 0.417 e. The van der Waals surface area contributed by atoms with Crippen LogP contribution in [0.4, 0.5) is 13.2 Å². The van der Waals surface area contributed by atoms with Gasteiger partial charge in [0.05, 0.1) is 11.1 Å². The molecule has 1 amide bonds. The van der Waals surface area contributed by atoms with Crippen LogP contribution >= 0.6 is 15.9 Å². The standard InChI is InChI=1S/C14H17BrF3NO/c1-3-9(4-2)8-19-13(20)11-6-5-10(15)7-12(11)14(16,17)18/h5-7,9H,3-4,8H2,1-2H3,(H,19,20). The van der Waals surface area contributed by atoms with Gasteiger partial charge >= 0.3 is 6.18 Å². The molecule has 0 heterocycles. The van der Waals surface area contributed by atoms with Crippen LogP contribution in [0.5, 0.6) is 0 Å². The Hall–Kier alpha value is -1.04. The zero-order valence-corrected chi connectivity index (χ0v) is 12.9. The van der Waals surface area contributed by atoms with Gasteiger partial charge in [-0.1, -0.05) is 42.6 Å². The molecule has 1 rings (SSSR count). The summed E-state index contributed by atoms with van der Waals surface area (Å²) in [6, 6.07) is 3.54. The Bertz CT molecular complexity index is 470. The SMILES string of the molecule is CCC(CC)CNC(=O)c1ccc(Br)cc1C(F)(F)F. The molecule has 0 spiro atoms. The van der Waals surface area contributed by atoms with E-state index in [1.807, 2.05) is 13.8 Å². The first kappa shape index (κ1) is 17.0. The van der Waals surface area contributed by atoms with E-state index in [-0.39, 0.29) is 11.5 Å². The van der Waals surface area contributed by atoms with Gasteiger partial charge in [0.25, 0.3) is 5.91 Å². The van der Waals surface area contributed by atoms with Crippen LogP contribution in [-0.4, -0.2) is 12.5 Å². The zero-order valence-electron chi connectivity index (χ0n) is 11.4. The second-order valence-electron chi connectivity index (χ2n) is 4.58.